The molecule has 0 aliphatic carbocycles. The van der Waals surface area contributed by atoms with E-state index >= 15 is 0 Å². The third kappa shape index (κ3) is 3.18. The highest BCUT2D eigenvalue weighted by atomic mass is 16.5. The summed E-state index contributed by atoms with van der Waals surface area (Å²) in [4.78, 5) is 28.0. The summed E-state index contributed by atoms with van der Waals surface area (Å²) in [5.74, 6) is 0.151. The molecule has 1 aromatic rings. The Hall–Kier alpha value is -1.88. The number of ether oxygens (including phenoxy) is 1. The van der Waals surface area contributed by atoms with Crippen LogP contribution in [0.4, 0.5) is 0 Å². The van der Waals surface area contributed by atoms with E-state index < -0.39 is 0 Å². The van der Waals surface area contributed by atoms with Crippen molar-refractivity contribution in [3.05, 3.63) is 35.9 Å². The minimum absolute atomic E-state index is 0.0508. The number of hydrogen-bond donors (Lipinski definition) is 0. The van der Waals surface area contributed by atoms with Gasteiger partial charge in [-0.2, -0.15) is 0 Å². The summed E-state index contributed by atoms with van der Waals surface area (Å²) >= 11 is 0. The maximum Gasteiger partial charge on any atom is 0.242 e. The third-order valence-corrected chi connectivity index (χ3v) is 5.55. The van der Waals surface area contributed by atoms with E-state index in [1.807, 2.05) is 30.0 Å². The predicted octanol–water partition coefficient (Wildman–Crippen LogP) is 2.16. The van der Waals surface area contributed by atoms with Crippen LogP contribution in [-0.2, 0) is 19.9 Å². The molecule has 0 bridgehead atoms. The molecule has 0 radical (unpaired) electrons. The van der Waals surface area contributed by atoms with Crippen LogP contribution in [0.15, 0.2) is 30.3 Å². The molecule has 2 aliphatic heterocycles. The van der Waals surface area contributed by atoms with Gasteiger partial charge in [-0.05, 0) is 31.7 Å². The van der Waals surface area contributed by atoms with Gasteiger partial charge in [0.2, 0.25) is 11.8 Å². The van der Waals surface area contributed by atoms with E-state index in [1.54, 1.807) is 12.0 Å². The number of hydrogen-bond acceptors (Lipinski definition) is 3. The number of nitrogens with zero attached hydrogens (tertiary/aromatic N) is 2. The van der Waals surface area contributed by atoms with Crippen LogP contribution in [0.3, 0.4) is 0 Å². The lowest BCUT2D eigenvalue weighted by Crippen LogP contribution is -2.49. The van der Waals surface area contributed by atoms with Crippen LogP contribution in [-0.4, -0.2) is 54.4 Å². The average molecular weight is 330 g/mol. The van der Waals surface area contributed by atoms with Crippen LogP contribution < -0.4 is 0 Å². The highest BCUT2D eigenvalue weighted by Crippen LogP contribution is 2.36. The lowest BCUT2D eigenvalue weighted by Gasteiger charge is -2.41. The van der Waals surface area contributed by atoms with E-state index in [-0.39, 0.29) is 30.0 Å². The Kier molecular flexibility index (Phi) is 4.90. The molecule has 5 heteroatoms. The molecule has 0 N–H and O–H groups in total. The second-order valence-electron chi connectivity index (χ2n) is 6.85. The Labute approximate surface area is 143 Å². The zero-order chi connectivity index (χ0) is 17.2. The smallest absolute Gasteiger partial charge is 0.242 e. The van der Waals surface area contributed by atoms with Gasteiger partial charge in [0.25, 0.3) is 0 Å². The molecule has 5 nitrogen and oxygen atoms in total. The number of rotatable bonds is 4. The first-order valence-corrected chi connectivity index (χ1v) is 8.74. The number of carbonyl (C=O) groups is 2. The lowest BCUT2D eigenvalue weighted by molar-refractivity contribution is -0.143. The van der Waals surface area contributed by atoms with Gasteiger partial charge in [0.15, 0.2) is 0 Å². The van der Waals surface area contributed by atoms with E-state index in [1.165, 1.54) is 5.56 Å². The van der Waals surface area contributed by atoms with E-state index in [0.29, 0.717) is 19.5 Å². The van der Waals surface area contributed by atoms with Crippen molar-refractivity contribution in [2.24, 2.45) is 0 Å². The largest absolute Gasteiger partial charge is 0.373 e. The number of likely N-dealkylation sites (tertiary alicyclic amines) is 2. The first-order chi connectivity index (χ1) is 11.6. The van der Waals surface area contributed by atoms with Gasteiger partial charge in [-0.15, -0.1) is 0 Å². The third-order valence-electron chi connectivity index (χ3n) is 5.55. The maximum absolute atomic E-state index is 12.6. The number of piperidine rings is 1. The van der Waals surface area contributed by atoms with Crippen LogP contribution >= 0.6 is 0 Å². The average Bonchev–Trinajstić information content (AvgIpc) is 2.94. The molecule has 2 heterocycles. The Bertz CT molecular complexity index is 594. The van der Waals surface area contributed by atoms with Crippen molar-refractivity contribution >= 4 is 11.8 Å². The fourth-order valence-corrected chi connectivity index (χ4v) is 3.84. The molecule has 2 aliphatic rings. The maximum atomic E-state index is 12.6. The van der Waals surface area contributed by atoms with E-state index in [9.17, 15) is 9.59 Å². The molecular weight excluding hydrogens is 304 g/mol. The van der Waals surface area contributed by atoms with Gasteiger partial charge in [0.05, 0.1) is 12.1 Å². The van der Waals surface area contributed by atoms with Gasteiger partial charge in [-0.3, -0.25) is 9.59 Å². The van der Waals surface area contributed by atoms with Crippen molar-refractivity contribution in [1.82, 2.24) is 9.80 Å². The summed E-state index contributed by atoms with van der Waals surface area (Å²) in [6.45, 7) is 3.56. The van der Waals surface area contributed by atoms with E-state index in [4.69, 9.17) is 4.74 Å². The van der Waals surface area contributed by atoms with Crippen LogP contribution in [0, 0.1) is 0 Å². The van der Waals surface area contributed by atoms with Crippen LogP contribution in [0.2, 0.25) is 0 Å². The van der Waals surface area contributed by atoms with Crippen molar-refractivity contribution in [3.63, 3.8) is 0 Å². The Balaban J connectivity index is 1.62. The monoisotopic (exact) mass is 330 g/mol. The normalized spacial score (nSPS) is 23.6. The molecule has 1 unspecified atom stereocenters. The van der Waals surface area contributed by atoms with Gasteiger partial charge < -0.3 is 14.5 Å². The summed E-state index contributed by atoms with van der Waals surface area (Å²) in [5, 5.41) is 0. The fourth-order valence-electron chi connectivity index (χ4n) is 3.84. The molecule has 0 saturated carbocycles. The van der Waals surface area contributed by atoms with Crippen molar-refractivity contribution in [1.29, 1.82) is 0 Å². The second kappa shape index (κ2) is 6.93. The summed E-state index contributed by atoms with van der Waals surface area (Å²) in [6, 6.07) is 10.4. The summed E-state index contributed by atoms with van der Waals surface area (Å²) in [7, 11) is 1.75. The Morgan fingerprint density at radius 3 is 2.46 bits per heavy atom. The molecule has 2 saturated heterocycles. The molecule has 2 amide bonds. The second-order valence-corrected chi connectivity index (χ2v) is 6.85. The fraction of sp³-hybridized carbons (Fsp3) is 0.579. The highest BCUT2D eigenvalue weighted by molar-refractivity contribution is 5.86. The topological polar surface area (TPSA) is 49.9 Å². The lowest BCUT2D eigenvalue weighted by atomic mass is 9.84. The highest BCUT2D eigenvalue weighted by Gasteiger charge is 2.38. The zero-order valence-corrected chi connectivity index (χ0v) is 14.5. The van der Waals surface area contributed by atoms with Gasteiger partial charge in [-0.1, -0.05) is 30.3 Å². The van der Waals surface area contributed by atoms with Crippen LogP contribution in [0.1, 0.15) is 38.2 Å². The van der Waals surface area contributed by atoms with Gasteiger partial charge in [-0.25, -0.2) is 0 Å². The molecule has 1 atom stereocenters. The number of benzene rings is 1. The van der Waals surface area contributed by atoms with Crippen LogP contribution in [0.5, 0.6) is 0 Å². The zero-order valence-electron chi connectivity index (χ0n) is 14.5. The first kappa shape index (κ1) is 17.0. The quantitative estimate of drug-likeness (QED) is 0.850. The predicted molar refractivity (Wildman–Crippen MR) is 91.4 cm³/mol. The summed E-state index contributed by atoms with van der Waals surface area (Å²) in [5.41, 5.74) is 0.859. The van der Waals surface area contributed by atoms with Gasteiger partial charge in [0.1, 0.15) is 0 Å². The Morgan fingerprint density at radius 2 is 1.92 bits per heavy atom. The van der Waals surface area contributed by atoms with E-state index in [2.05, 4.69) is 12.1 Å². The molecule has 3 rings (SSSR count). The number of methoxy groups -OCH3 is 1. The number of carbonyl (C=O) groups excluding carboxylic acids is 2. The van der Waals surface area contributed by atoms with Crippen LogP contribution in [0.25, 0.3) is 0 Å². The molecule has 130 valence electrons. The van der Waals surface area contributed by atoms with Gasteiger partial charge in [0, 0.05) is 32.7 Å². The standard InChI is InChI=1S/C19H26N2O3/c1-15-8-9-17(22)21(15)14-18(23)20-12-10-19(24-2,11-13-20)16-6-4-3-5-7-16/h3-7,15H,8-14H2,1-2H3. The minimum Gasteiger partial charge on any atom is -0.373 e. The molecule has 2 fully saturated rings. The summed E-state index contributed by atoms with van der Waals surface area (Å²) < 4.78 is 5.86. The SMILES string of the molecule is COC1(c2ccccc2)CCN(C(=O)CN2C(=O)CCC2C)CC1. The molecule has 0 spiro atoms. The van der Waals surface area contributed by atoms with E-state index in [0.717, 1.165) is 19.3 Å². The minimum atomic E-state index is -0.311. The molecule has 0 aromatic heterocycles. The van der Waals surface area contributed by atoms with Gasteiger partial charge >= 0.3 is 0 Å². The van der Waals surface area contributed by atoms with Crippen molar-refractivity contribution < 1.29 is 14.3 Å². The first-order valence-electron chi connectivity index (χ1n) is 8.74. The molecule has 24 heavy (non-hydrogen) atoms. The molecular formula is C19H26N2O3. The summed E-state index contributed by atoms with van der Waals surface area (Å²) in [6.07, 6.45) is 2.98. The number of amides is 2. The Morgan fingerprint density at radius 1 is 1.25 bits per heavy atom. The van der Waals surface area contributed by atoms with Crippen molar-refractivity contribution in [2.75, 3.05) is 26.7 Å². The molecule has 1 aromatic carbocycles. The van der Waals surface area contributed by atoms with Crippen molar-refractivity contribution in [2.45, 2.75) is 44.2 Å². The van der Waals surface area contributed by atoms with Crippen molar-refractivity contribution in [3.8, 4) is 0 Å².